The number of carboxylic acid groups (broad SMARTS) is 1. The topological polar surface area (TPSA) is 77.9 Å². The minimum atomic E-state index is -0.857. The molecule has 1 unspecified atom stereocenters. The number of ether oxygens (including phenoxy) is 3. The molecule has 1 aliphatic heterocycles. The average Bonchev–Trinajstić information content (AvgIpc) is 3.36. The minimum Gasteiger partial charge on any atom is -0.492 e. The van der Waals surface area contributed by atoms with Crippen molar-refractivity contribution >= 4 is 5.97 Å². The molecular weight excluding hydrogens is 401 g/mol. The van der Waals surface area contributed by atoms with Crippen molar-refractivity contribution in [3.8, 4) is 23.0 Å². The van der Waals surface area contributed by atoms with Gasteiger partial charge in [0.05, 0.1) is 13.0 Å². The highest BCUT2D eigenvalue weighted by Gasteiger charge is 2.32. The lowest BCUT2D eigenvalue weighted by Crippen LogP contribution is -2.07. The van der Waals surface area contributed by atoms with Crippen molar-refractivity contribution in [2.24, 2.45) is 0 Å². The lowest BCUT2D eigenvalue weighted by atomic mass is 9.98. The van der Waals surface area contributed by atoms with Crippen molar-refractivity contribution in [1.82, 2.24) is 4.98 Å². The number of halogens is 1. The number of nitrogens with zero attached hydrogens (tertiary/aromatic N) is 1. The second kappa shape index (κ2) is 7.91. The van der Waals surface area contributed by atoms with Crippen LogP contribution < -0.4 is 14.2 Å². The Balaban J connectivity index is 1.37. The largest absolute Gasteiger partial charge is 0.492 e. The van der Waals surface area contributed by atoms with E-state index >= 15 is 0 Å². The van der Waals surface area contributed by atoms with Crippen LogP contribution in [-0.2, 0) is 11.2 Å². The van der Waals surface area contributed by atoms with E-state index in [0.717, 1.165) is 11.1 Å². The number of carboxylic acids is 1. The van der Waals surface area contributed by atoms with Crippen LogP contribution in [0, 0.1) is 5.82 Å². The van der Waals surface area contributed by atoms with Gasteiger partial charge in [-0.15, -0.1) is 0 Å². The van der Waals surface area contributed by atoms with Crippen LogP contribution in [0.1, 0.15) is 41.6 Å². The first-order chi connectivity index (χ1) is 15.1. The van der Waals surface area contributed by atoms with E-state index in [2.05, 4.69) is 4.98 Å². The van der Waals surface area contributed by atoms with Crippen molar-refractivity contribution in [2.75, 3.05) is 6.61 Å². The highest BCUT2D eigenvalue weighted by atomic mass is 19.1. The Morgan fingerprint density at radius 2 is 2.00 bits per heavy atom. The molecule has 2 aliphatic rings. The smallest absolute Gasteiger partial charge is 0.304 e. The second-order valence-electron chi connectivity index (χ2n) is 7.67. The lowest BCUT2D eigenvalue weighted by molar-refractivity contribution is -0.137. The van der Waals surface area contributed by atoms with Crippen LogP contribution >= 0.6 is 0 Å². The van der Waals surface area contributed by atoms with Gasteiger partial charge in [0.1, 0.15) is 34.9 Å². The molecule has 6 nitrogen and oxygen atoms in total. The van der Waals surface area contributed by atoms with Gasteiger partial charge in [0, 0.05) is 41.1 Å². The molecule has 0 saturated carbocycles. The van der Waals surface area contributed by atoms with E-state index in [0.29, 0.717) is 48.0 Å². The summed E-state index contributed by atoms with van der Waals surface area (Å²) in [5.74, 6) is 1.09. The second-order valence-corrected chi connectivity index (χ2v) is 7.67. The van der Waals surface area contributed by atoms with Crippen LogP contribution in [0.4, 0.5) is 4.39 Å². The van der Waals surface area contributed by atoms with E-state index in [-0.39, 0.29) is 18.2 Å². The van der Waals surface area contributed by atoms with Crippen molar-refractivity contribution in [3.63, 3.8) is 0 Å². The van der Waals surface area contributed by atoms with Gasteiger partial charge in [-0.3, -0.25) is 9.78 Å². The minimum absolute atomic E-state index is 0.0225. The maximum atomic E-state index is 14.7. The molecule has 1 aliphatic carbocycles. The quantitative estimate of drug-likeness (QED) is 0.602. The van der Waals surface area contributed by atoms with Gasteiger partial charge >= 0.3 is 5.97 Å². The van der Waals surface area contributed by atoms with Crippen LogP contribution in [-0.4, -0.2) is 22.7 Å². The first-order valence-electron chi connectivity index (χ1n) is 10.1. The number of fused-ring (bicyclic) bond motifs is 2. The molecule has 0 radical (unpaired) electrons. The van der Waals surface area contributed by atoms with Gasteiger partial charge in [0.2, 0.25) is 0 Å². The summed E-state index contributed by atoms with van der Waals surface area (Å²) < 4.78 is 32.5. The van der Waals surface area contributed by atoms with E-state index < -0.39 is 12.1 Å². The van der Waals surface area contributed by atoms with Gasteiger partial charge in [-0.25, -0.2) is 4.39 Å². The van der Waals surface area contributed by atoms with Crippen LogP contribution in [0.25, 0.3) is 0 Å². The summed E-state index contributed by atoms with van der Waals surface area (Å²) in [6.07, 6.45) is 4.13. The Bertz CT molecular complexity index is 1130. The molecule has 2 heterocycles. The van der Waals surface area contributed by atoms with Crippen LogP contribution in [0.5, 0.6) is 23.0 Å². The van der Waals surface area contributed by atoms with Crippen molar-refractivity contribution in [1.29, 1.82) is 0 Å². The molecule has 7 heteroatoms. The molecule has 0 bridgehead atoms. The van der Waals surface area contributed by atoms with E-state index in [1.54, 1.807) is 42.7 Å². The van der Waals surface area contributed by atoms with E-state index in [1.807, 2.05) is 6.07 Å². The first kappa shape index (κ1) is 19.4. The standard InChI is InChI=1S/C24H20FNO5/c25-19-4-6-20(30-15-7-9-26-10-8-15)18-3-5-21(24(18)19)31-16-1-2-17-14(11-23(27)28)13-29-22(17)12-16/h1-2,4,6-10,12,14,21H,3,5,11,13H2,(H,27,28)/t14?,21-/m1/s1. The van der Waals surface area contributed by atoms with Gasteiger partial charge in [-0.05, 0) is 43.2 Å². The number of hydrogen-bond acceptors (Lipinski definition) is 5. The SMILES string of the molecule is O=C(O)CC1COc2cc(O[C@@H]3CCc4c(Oc5ccncc5)ccc(F)c43)ccc21. The maximum Gasteiger partial charge on any atom is 0.304 e. The maximum absolute atomic E-state index is 14.7. The third-order valence-corrected chi connectivity index (χ3v) is 5.68. The predicted octanol–water partition coefficient (Wildman–Crippen LogP) is 5.03. The number of pyridine rings is 1. The number of rotatable bonds is 6. The van der Waals surface area contributed by atoms with E-state index in [9.17, 15) is 9.18 Å². The first-order valence-corrected chi connectivity index (χ1v) is 10.1. The zero-order valence-electron chi connectivity index (χ0n) is 16.6. The predicted molar refractivity (Wildman–Crippen MR) is 109 cm³/mol. The Morgan fingerprint density at radius 1 is 1.16 bits per heavy atom. The molecule has 0 spiro atoms. The fourth-order valence-corrected chi connectivity index (χ4v) is 4.26. The van der Waals surface area contributed by atoms with Crippen LogP contribution in [0.15, 0.2) is 54.9 Å². The Morgan fingerprint density at radius 3 is 2.81 bits per heavy atom. The normalized spacial score (nSPS) is 18.7. The van der Waals surface area contributed by atoms with Crippen LogP contribution in [0.2, 0.25) is 0 Å². The highest BCUT2D eigenvalue weighted by molar-refractivity contribution is 5.68. The molecule has 1 aromatic heterocycles. The van der Waals surface area contributed by atoms with Gasteiger partial charge in [0.15, 0.2) is 0 Å². The zero-order chi connectivity index (χ0) is 21.4. The summed E-state index contributed by atoms with van der Waals surface area (Å²) in [5, 5.41) is 9.05. The molecule has 158 valence electrons. The molecule has 2 atom stereocenters. The Hall–Kier alpha value is -3.61. The number of hydrogen-bond donors (Lipinski definition) is 1. The zero-order valence-corrected chi connectivity index (χ0v) is 16.6. The van der Waals surface area contributed by atoms with Gasteiger partial charge in [-0.1, -0.05) is 6.07 Å². The van der Waals surface area contributed by atoms with E-state index in [4.69, 9.17) is 19.3 Å². The van der Waals surface area contributed by atoms with Gasteiger partial charge < -0.3 is 19.3 Å². The molecule has 0 amide bonds. The summed E-state index contributed by atoms with van der Waals surface area (Å²) >= 11 is 0. The Kier molecular flexibility index (Phi) is 4.94. The summed E-state index contributed by atoms with van der Waals surface area (Å²) in [7, 11) is 0. The molecule has 3 aromatic rings. The lowest BCUT2D eigenvalue weighted by Gasteiger charge is -2.17. The molecule has 5 rings (SSSR count). The number of aromatic nitrogens is 1. The fourth-order valence-electron chi connectivity index (χ4n) is 4.26. The molecule has 0 saturated heterocycles. The van der Waals surface area contributed by atoms with Crippen LogP contribution in [0.3, 0.4) is 0 Å². The molecule has 2 aromatic carbocycles. The average molecular weight is 421 g/mol. The summed E-state index contributed by atoms with van der Waals surface area (Å²) in [4.78, 5) is 15.0. The van der Waals surface area contributed by atoms with Crippen molar-refractivity contribution < 1.29 is 28.5 Å². The summed E-state index contributed by atoms with van der Waals surface area (Å²) in [5.41, 5.74) is 2.18. The molecule has 0 fully saturated rings. The van der Waals surface area contributed by atoms with Crippen molar-refractivity contribution in [3.05, 3.63) is 77.4 Å². The van der Waals surface area contributed by atoms with Gasteiger partial charge in [0.25, 0.3) is 0 Å². The Labute approximate surface area is 178 Å². The number of benzene rings is 2. The highest BCUT2D eigenvalue weighted by Crippen LogP contribution is 2.44. The molecule has 31 heavy (non-hydrogen) atoms. The molecular formula is C24H20FNO5. The van der Waals surface area contributed by atoms with E-state index in [1.165, 1.54) is 6.07 Å². The summed E-state index contributed by atoms with van der Waals surface area (Å²) in [6.45, 7) is 0.335. The summed E-state index contributed by atoms with van der Waals surface area (Å²) in [6, 6.07) is 11.9. The van der Waals surface area contributed by atoms with Crippen molar-refractivity contribution in [2.45, 2.75) is 31.3 Å². The molecule has 1 N–H and O–H groups in total. The third kappa shape index (κ3) is 3.79. The third-order valence-electron chi connectivity index (χ3n) is 5.68. The fraction of sp³-hybridized carbons (Fsp3) is 0.250. The number of aliphatic carboxylic acids is 1. The number of carbonyl (C=O) groups is 1. The monoisotopic (exact) mass is 421 g/mol. The van der Waals surface area contributed by atoms with Gasteiger partial charge in [-0.2, -0.15) is 0 Å².